The van der Waals surface area contributed by atoms with Gasteiger partial charge in [-0.25, -0.2) is 4.39 Å². The summed E-state index contributed by atoms with van der Waals surface area (Å²) in [7, 11) is 0. The van der Waals surface area contributed by atoms with Gasteiger partial charge in [0.1, 0.15) is 23.9 Å². The van der Waals surface area contributed by atoms with Crippen LogP contribution in [0.5, 0.6) is 5.75 Å². The Labute approximate surface area is 202 Å². The Balaban J connectivity index is 1.37. The summed E-state index contributed by atoms with van der Waals surface area (Å²) in [5.74, 6) is 1.29. The van der Waals surface area contributed by atoms with E-state index < -0.39 is 5.91 Å². The molecule has 0 aliphatic carbocycles. The van der Waals surface area contributed by atoms with E-state index in [1.165, 1.54) is 12.1 Å². The second-order valence-corrected chi connectivity index (χ2v) is 8.74. The number of furan rings is 1. The summed E-state index contributed by atoms with van der Waals surface area (Å²) >= 11 is 6.26. The molecule has 1 amide bonds. The number of ether oxygens (including phenoxy) is 1. The van der Waals surface area contributed by atoms with Gasteiger partial charge in [0, 0.05) is 17.3 Å². The molecule has 0 bridgehead atoms. The first-order valence-electron chi connectivity index (χ1n) is 10.9. The van der Waals surface area contributed by atoms with Crippen molar-refractivity contribution in [3.05, 3.63) is 99.8 Å². The standard InChI is InChI=1S/C26H25ClFN3O3/c1-16(2)21-13-22(27)17(3)11-24(21)33-15-20-7-8-23(34-20)26(32)29-25-9-10-31(30-25)14-18-5-4-6-19(28)12-18/h4-13,16H,14-15H2,1-3H3,(H,29,30,32). The van der Waals surface area contributed by atoms with E-state index in [1.807, 2.05) is 25.1 Å². The van der Waals surface area contributed by atoms with Gasteiger partial charge in [-0.2, -0.15) is 5.10 Å². The third-order valence-electron chi connectivity index (χ3n) is 5.28. The average Bonchev–Trinajstić information content (AvgIpc) is 3.44. The van der Waals surface area contributed by atoms with Crippen molar-refractivity contribution < 1.29 is 18.3 Å². The van der Waals surface area contributed by atoms with Crippen LogP contribution in [0.1, 0.15) is 52.8 Å². The van der Waals surface area contributed by atoms with E-state index >= 15 is 0 Å². The van der Waals surface area contributed by atoms with Crippen molar-refractivity contribution in [1.29, 1.82) is 0 Å². The fraction of sp³-hybridized carbons (Fsp3) is 0.231. The van der Waals surface area contributed by atoms with E-state index in [4.69, 9.17) is 20.8 Å². The Hall–Kier alpha value is -3.58. The lowest BCUT2D eigenvalue weighted by Crippen LogP contribution is -2.12. The number of rotatable bonds is 8. The molecular weight excluding hydrogens is 457 g/mol. The largest absolute Gasteiger partial charge is 0.485 e. The van der Waals surface area contributed by atoms with Crippen LogP contribution in [-0.4, -0.2) is 15.7 Å². The van der Waals surface area contributed by atoms with Crippen LogP contribution in [0.2, 0.25) is 5.02 Å². The maximum atomic E-state index is 13.4. The van der Waals surface area contributed by atoms with Gasteiger partial charge in [-0.05, 0) is 65.9 Å². The minimum Gasteiger partial charge on any atom is -0.485 e. The Bertz CT molecular complexity index is 1310. The number of amides is 1. The monoisotopic (exact) mass is 481 g/mol. The number of aryl methyl sites for hydroxylation is 1. The van der Waals surface area contributed by atoms with Crippen LogP contribution in [-0.2, 0) is 13.2 Å². The van der Waals surface area contributed by atoms with E-state index in [2.05, 4.69) is 24.3 Å². The number of hydrogen-bond donors (Lipinski definition) is 1. The quantitative estimate of drug-likeness (QED) is 0.308. The third-order valence-corrected chi connectivity index (χ3v) is 5.69. The Morgan fingerprint density at radius 1 is 1.21 bits per heavy atom. The van der Waals surface area contributed by atoms with Crippen LogP contribution < -0.4 is 10.1 Å². The first-order valence-corrected chi connectivity index (χ1v) is 11.3. The van der Waals surface area contributed by atoms with Crippen molar-refractivity contribution >= 4 is 23.3 Å². The lowest BCUT2D eigenvalue weighted by atomic mass is 10.0. The fourth-order valence-electron chi connectivity index (χ4n) is 3.49. The van der Waals surface area contributed by atoms with Crippen LogP contribution in [0.15, 0.2) is 65.2 Å². The number of carbonyl (C=O) groups excluding carboxylic acids is 1. The minimum atomic E-state index is -0.424. The molecule has 1 N–H and O–H groups in total. The number of aromatic nitrogens is 2. The number of hydrogen-bond acceptors (Lipinski definition) is 4. The van der Waals surface area contributed by atoms with E-state index in [1.54, 1.807) is 35.1 Å². The zero-order chi connectivity index (χ0) is 24.2. The van der Waals surface area contributed by atoms with Crippen molar-refractivity contribution in [3.63, 3.8) is 0 Å². The smallest absolute Gasteiger partial charge is 0.292 e. The van der Waals surface area contributed by atoms with Crippen molar-refractivity contribution in [2.75, 3.05) is 5.32 Å². The summed E-state index contributed by atoms with van der Waals surface area (Å²) in [6.45, 7) is 6.63. The van der Waals surface area contributed by atoms with Gasteiger partial charge in [0.2, 0.25) is 0 Å². The number of anilines is 1. The van der Waals surface area contributed by atoms with Crippen LogP contribution in [0.4, 0.5) is 10.2 Å². The van der Waals surface area contributed by atoms with Gasteiger partial charge < -0.3 is 14.5 Å². The molecule has 0 aliphatic heterocycles. The SMILES string of the molecule is Cc1cc(OCc2ccc(C(=O)Nc3ccn(Cc4cccc(F)c4)n3)o2)c(C(C)C)cc1Cl. The molecule has 0 aliphatic rings. The van der Waals surface area contributed by atoms with Gasteiger partial charge in [-0.3, -0.25) is 9.48 Å². The second kappa shape index (κ2) is 10.1. The van der Waals surface area contributed by atoms with Crippen LogP contribution in [0, 0.1) is 12.7 Å². The third kappa shape index (κ3) is 5.66. The lowest BCUT2D eigenvalue weighted by molar-refractivity contribution is 0.0992. The number of carbonyl (C=O) groups is 1. The zero-order valence-corrected chi connectivity index (χ0v) is 19.9. The molecule has 0 fully saturated rings. The highest BCUT2D eigenvalue weighted by molar-refractivity contribution is 6.31. The molecule has 34 heavy (non-hydrogen) atoms. The molecule has 0 saturated carbocycles. The first-order chi connectivity index (χ1) is 16.3. The molecule has 4 aromatic rings. The molecule has 176 valence electrons. The Morgan fingerprint density at radius 2 is 2.03 bits per heavy atom. The highest BCUT2D eigenvalue weighted by atomic mass is 35.5. The van der Waals surface area contributed by atoms with Crippen molar-refractivity contribution in [3.8, 4) is 5.75 Å². The molecule has 2 aromatic heterocycles. The van der Waals surface area contributed by atoms with Crippen LogP contribution >= 0.6 is 11.6 Å². The van der Waals surface area contributed by atoms with Gasteiger partial charge in [0.25, 0.3) is 5.91 Å². The predicted octanol–water partition coefficient (Wildman–Crippen LogP) is 6.58. The van der Waals surface area contributed by atoms with Gasteiger partial charge >= 0.3 is 0 Å². The second-order valence-electron chi connectivity index (χ2n) is 8.33. The van der Waals surface area contributed by atoms with E-state index in [-0.39, 0.29) is 24.1 Å². The maximum absolute atomic E-state index is 13.4. The predicted molar refractivity (Wildman–Crippen MR) is 129 cm³/mol. The minimum absolute atomic E-state index is 0.148. The Kier molecular flexibility index (Phi) is 7.03. The summed E-state index contributed by atoms with van der Waals surface area (Å²) in [4.78, 5) is 12.6. The number of halogens is 2. The molecule has 0 atom stereocenters. The summed E-state index contributed by atoms with van der Waals surface area (Å²) < 4.78 is 26.6. The highest BCUT2D eigenvalue weighted by Gasteiger charge is 2.15. The molecule has 0 spiro atoms. The van der Waals surface area contributed by atoms with Gasteiger partial charge in [-0.15, -0.1) is 0 Å². The van der Waals surface area contributed by atoms with Gasteiger partial charge in [0.05, 0.1) is 6.54 Å². The van der Waals surface area contributed by atoms with Gasteiger partial charge in [0.15, 0.2) is 11.6 Å². The highest BCUT2D eigenvalue weighted by Crippen LogP contribution is 2.32. The molecule has 8 heteroatoms. The maximum Gasteiger partial charge on any atom is 0.292 e. The van der Waals surface area contributed by atoms with E-state index in [0.29, 0.717) is 23.1 Å². The van der Waals surface area contributed by atoms with E-state index in [0.717, 1.165) is 22.4 Å². The summed E-state index contributed by atoms with van der Waals surface area (Å²) in [6.07, 6.45) is 1.71. The Morgan fingerprint density at radius 3 is 2.79 bits per heavy atom. The average molecular weight is 482 g/mol. The van der Waals surface area contributed by atoms with Crippen molar-refractivity contribution in [2.24, 2.45) is 0 Å². The molecule has 0 unspecified atom stereocenters. The van der Waals surface area contributed by atoms with E-state index in [9.17, 15) is 9.18 Å². The molecule has 0 radical (unpaired) electrons. The number of nitrogens with one attached hydrogen (secondary N) is 1. The number of nitrogens with zero attached hydrogens (tertiary/aromatic N) is 2. The van der Waals surface area contributed by atoms with Crippen molar-refractivity contribution in [2.45, 2.75) is 39.8 Å². The van der Waals surface area contributed by atoms with Crippen LogP contribution in [0.3, 0.4) is 0 Å². The summed E-state index contributed by atoms with van der Waals surface area (Å²) in [6, 6.07) is 15.1. The molecular formula is C26H25ClFN3O3. The summed E-state index contributed by atoms with van der Waals surface area (Å²) in [5.41, 5.74) is 2.71. The molecule has 6 nitrogen and oxygen atoms in total. The van der Waals surface area contributed by atoms with Gasteiger partial charge in [-0.1, -0.05) is 37.6 Å². The fourth-order valence-corrected chi connectivity index (χ4v) is 3.66. The molecule has 2 aromatic carbocycles. The topological polar surface area (TPSA) is 69.3 Å². The number of benzene rings is 2. The molecule has 0 saturated heterocycles. The lowest BCUT2D eigenvalue weighted by Gasteiger charge is -2.15. The first kappa shape index (κ1) is 23.6. The molecule has 2 heterocycles. The summed E-state index contributed by atoms with van der Waals surface area (Å²) in [5, 5.41) is 7.72. The van der Waals surface area contributed by atoms with Crippen molar-refractivity contribution in [1.82, 2.24) is 9.78 Å². The molecule has 4 rings (SSSR count). The normalized spacial score (nSPS) is 11.1. The zero-order valence-electron chi connectivity index (χ0n) is 19.1. The van der Waals surface area contributed by atoms with Crippen LogP contribution in [0.25, 0.3) is 0 Å².